The number of carbonyl (C=O) groups excluding carboxylic acids is 2. The fraction of sp³-hybridized carbons (Fsp3) is 0.391. The van der Waals surface area contributed by atoms with Gasteiger partial charge in [-0.05, 0) is 68.5 Å². The number of aryl methyl sites for hydroxylation is 1. The topological polar surface area (TPSA) is 83.6 Å². The second-order valence-corrected chi connectivity index (χ2v) is 10.1. The van der Waals surface area contributed by atoms with Gasteiger partial charge < -0.3 is 4.90 Å². The van der Waals surface area contributed by atoms with Gasteiger partial charge >= 0.3 is 0 Å². The summed E-state index contributed by atoms with van der Waals surface area (Å²) in [6.07, 6.45) is 2.26. The van der Waals surface area contributed by atoms with Crippen LogP contribution in [0.5, 0.6) is 0 Å². The molecule has 0 aromatic heterocycles. The molecule has 1 amide bonds. The number of rotatable bonds is 6. The van der Waals surface area contributed by atoms with Gasteiger partial charge in [0, 0.05) is 30.6 Å². The highest BCUT2D eigenvalue weighted by atomic mass is 32.2. The number of Topliss-reactive ketones (excluding diaryl/α,β-unsaturated/α-hetero) is 1. The van der Waals surface area contributed by atoms with Gasteiger partial charge in [0.15, 0.2) is 5.78 Å². The monoisotopic (exact) mass is 462 g/mol. The van der Waals surface area contributed by atoms with Crippen LogP contribution in [-0.2, 0) is 10.0 Å². The maximum absolute atomic E-state index is 14.0. The maximum atomic E-state index is 14.0. The molecule has 0 unspecified atom stereocenters. The van der Waals surface area contributed by atoms with E-state index in [1.54, 1.807) is 17.9 Å². The minimum Gasteiger partial charge on any atom is -0.339 e. The summed E-state index contributed by atoms with van der Waals surface area (Å²) in [6, 6.07) is 7.24. The molecule has 1 aliphatic carbocycles. The third kappa shape index (κ3) is 4.73. The lowest BCUT2D eigenvalue weighted by atomic mass is 9.88. The number of hydrogen-bond donors (Lipinski definition) is 1. The van der Waals surface area contributed by atoms with Crippen LogP contribution in [-0.4, -0.2) is 44.1 Å². The van der Waals surface area contributed by atoms with Gasteiger partial charge in [0.25, 0.3) is 5.91 Å². The van der Waals surface area contributed by atoms with E-state index in [1.165, 1.54) is 12.1 Å². The van der Waals surface area contributed by atoms with Gasteiger partial charge in [-0.25, -0.2) is 21.9 Å². The maximum Gasteiger partial charge on any atom is 0.254 e. The second kappa shape index (κ2) is 8.71. The molecule has 4 rings (SSSR count). The van der Waals surface area contributed by atoms with Gasteiger partial charge in [-0.3, -0.25) is 9.59 Å². The van der Waals surface area contributed by atoms with Gasteiger partial charge in [-0.1, -0.05) is 6.07 Å². The molecular weight excluding hydrogens is 438 g/mol. The van der Waals surface area contributed by atoms with Gasteiger partial charge in [0.1, 0.15) is 11.6 Å². The number of likely N-dealkylation sites (tertiary alicyclic amines) is 1. The number of benzene rings is 2. The summed E-state index contributed by atoms with van der Waals surface area (Å²) < 4.78 is 55.0. The number of halogens is 2. The van der Waals surface area contributed by atoms with E-state index in [-0.39, 0.29) is 35.5 Å². The first-order chi connectivity index (χ1) is 15.2. The van der Waals surface area contributed by atoms with Crippen molar-refractivity contribution < 1.29 is 26.8 Å². The molecule has 0 radical (unpaired) electrons. The normalized spacial score (nSPS) is 17.4. The van der Waals surface area contributed by atoms with Gasteiger partial charge in [-0.15, -0.1) is 0 Å². The number of hydrogen-bond acceptors (Lipinski definition) is 4. The average molecular weight is 463 g/mol. The van der Waals surface area contributed by atoms with Crippen LogP contribution < -0.4 is 4.72 Å². The summed E-state index contributed by atoms with van der Waals surface area (Å²) in [5, 5.41) is 0. The van der Waals surface area contributed by atoms with Crippen LogP contribution in [0.3, 0.4) is 0 Å². The Labute approximate surface area is 185 Å². The molecule has 1 saturated carbocycles. The Hall–Kier alpha value is -2.65. The standard InChI is InChI=1S/C23H24F2N2O4S/c1-14-2-6-18(32(30,31)26-17-4-5-17)13-19(14)23(29)27-10-8-15(9-11-27)22(28)20-12-16(24)3-7-21(20)25/h2-3,6-7,12-13,15,17,26H,4-5,8-11H2,1H3. The van der Waals surface area contributed by atoms with Gasteiger partial charge in [-0.2, -0.15) is 0 Å². The molecule has 9 heteroatoms. The number of carbonyl (C=O) groups is 2. The molecule has 1 N–H and O–H groups in total. The van der Waals surface area contributed by atoms with Gasteiger partial charge in [0.2, 0.25) is 10.0 Å². The highest BCUT2D eigenvalue weighted by Crippen LogP contribution is 2.27. The highest BCUT2D eigenvalue weighted by molar-refractivity contribution is 7.89. The van der Waals surface area contributed by atoms with E-state index in [9.17, 15) is 26.8 Å². The molecule has 0 atom stereocenters. The Morgan fingerprint density at radius 1 is 0.969 bits per heavy atom. The number of nitrogens with one attached hydrogen (secondary N) is 1. The van der Waals surface area contributed by atoms with Crippen molar-refractivity contribution >= 4 is 21.7 Å². The van der Waals surface area contributed by atoms with Gasteiger partial charge in [0.05, 0.1) is 10.5 Å². The molecular formula is C23H24F2N2O4S. The second-order valence-electron chi connectivity index (χ2n) is 8.43. The first-order valence-corrected chi connectivity index (χ1v) is 12.1. The lowest BCUT2D eigenvalue weighted by Gasteiger charge is -2.32. The van der Waals surface area contributed by atoms with Crippen molar-refractivity contribution in [2.75, 3.05) is 13.1 Å². The highest BCUT2D eigenvalue weighted by Gasteiger charge is 2.32. The fourth-order valence-corrected chi connectivity index (χ4v) is 5.24. The summed E-state index contributed by atoms with van der Waals surface area (Å²) in [5.41, 5.74) is 0.678. The van der Waals surface area contributed by atoms with Crippen molar-refractivity contribution in [3.8, 4) is 0 Å². The van der Waals surface area contributed by atoms with Crippen LogP contribution in [0.2, 0.25) is 0 Å². The molecule has 2 fully saturated rings. The summed E-state index contributed by atoms with van der Waals surface area (Å²) in [7, 11) is -3.69. The SMILES string of the molecule is Cc1ccc(S(=O)(=O)NC2CC2)cc1C(=O)N1CCC(C(=O)c2cc(F)ccc2F)CC1. The van der Waals surface area contributed by atoms with Crippen molar-refractivity contribution in [2.24, 2.45) is 5.92 Å². The zero-order valence-corrected chi connectivity index (χ0v) is 18.4. The minimum absolute atomic E-state index is 0.0417. The van der Waals surface area contributed by atoms with E-state index < -0.39 is 33.4 Å². The third-order valence-electron chi connectivity index (χ3n) is 6.00. The number of piperidine rings is 1. The van der Waals surface area contributed by atoms with Crippen LogP contribution in [0.25, 0.3) is 0 Å². The number of ketones is 1. The van der Waals surface area contributed by atoms with Crippen molar-refractivity contribution in [1.29, 1.82) is 0 Å². The zero-order valence-electron chi connectivity index (χ0n) is 17.6. The molecule has 1 saturated heterocycles. The molecule has 0 bridgehead atoms. The summed E-state index contributed by atoms with van der Waals surface area (Å²) >= 11 is 0. The van der Waals surface area contributed by atoms with Crippen LogP contribution >= 0.6 is 0 Å². The number of amides is 1. The van der Waals surface area contributed by atoms with E-state index in [0.29, 0.717) is 24.0 Å². The van der Waals surface area contributed by atoms with Crippen molar-refractivity contribution in [3.05, 3.63) is 64.7 Å². The molecule has 2 aliphatic rings. The Morgan fingerprint density at radius 2 is 1.66 bits per heavy atom. The first kappa shape index (κ1) is 22.5. The lowest BCUT2D eigenvalue weighted by molar-refractivity contribution is 0.0648. The average Bonchev–Trinajstić information content (AvgIpc) is 3.58. The van der Waals surface area contributed by atoms with Crippen molar-refractivity contribution in [3.63, 3.8) is 0 Å². The van der Waals surface area contributed by atoms with Crippen molar-refractivity contribution in [2.45, 2.75) is 43.5 Å². The largest absolute Gasteiger partial charge is 0.339 e. The fourth-order valence-electron chi connectivity index (χ4n) is 3.91. The van der Waals surface area contributed by atoms with E-state index in [4.69, 9.17) is 0 Å². The van der Waals surface area contributed by atoms with Crippen LogP contribution in [0.15, 0.2) is 41.3 Å². The molecule has 0 spiro atoms. The smallest absolute Gasteiger partial charge is 0.254 e. The molecule has 32 heavy (non-hydrogen) atoms. The van der Waals surface area contributed by atoms with E-state index in [1.807, 2.05) is 0 Å². The van der Waals surface area contributed by atoms with Crippen molar-refractivity contribution in [1.82, 2.24) is 9.62 Å². The molecule has 2 aromatic rings. The predicted molar refractivity (Wildman–Crippen MR) is 114 cm³/mol. The minimum atomic E-state index is -3.69. The Bertz CT molecular complexity index is 1170. The molecule has 2 aromatic carbocycles. The molecule has 6 nitrogen and oxygen atoms in total. The first-order valence-electron chi connectivity index (χ1n) is 10.6. The van der Waals surface area contributed by atoms with Crippen LogP contribution in [0, 0.1) is 24.5 Å². The summed E-state index contributed by atoms with van der Waals surface area (Å²) in [5.74, 6) is -2.73. The molecule has 1 heterocycles. The Balaban J connectivity index is 1.46. The zero-order chi connectivity index (χ0) is 23.0. The molecule has 1 aliphatic heterocycles. The number of nitrogens with zero attached hydrogens (tertiary/aromatic N) is 1. The number of sulfonamides is 1. The van der Waals surface area contributed by atoms with E-state index >= 15 is 0 Å². The predicted octanol–water partition coefficient (Wildman–Crippen LogP) is 3.45. The third-order valence-corrected chi connectivity index (χ3v) is 7.51. The van der Waals surface area contributed by atoms with Crippen LogP contribution in [0.1, 0.15) is 52.0 Å². The Morgan fingerprint density at radius 3 is 2.31 bits per heavy atom. The molecule has 170 valence electrons. The van der Waals surface area contributed by atoms with E-state index in [0.717, 1.165) is 31.0 Å². The van der Waals surface area contributed by atoms with E-state index in [2.05, 4.69) is 4.72 Å². The summed E-state index contributed by atoms with van der Waals surface area (Å²) in [4.78, 5) is 27.3. The quantitative estimate of drug-likeness (QED) is 0.667. The van der Waals surface area contributed by atoms with Crippen LogP contribution in [0.4, 0.5) is 8.78 Å². The Kier molecular flexibility index (Phi) is 6.13. The summed E-state index contributed by atoms with van der Waals surface area (Å²) in [6.45, 7) is 2.27. The lowest BCUT2D eigenvalue weighted by Crippen LogP contribution is -2.40.